The van der Waals surface area contributed by atoms with Gasteiger partial charge in [-0.3, -0.25) is 0 Å². The van der Waals surface area contributed by atoms with Crippen molar-refractivity contribution in [1.82, 2.24) is 9.97 Å². The number of aromatic nitrogens is 2. The normalized spacial score (nSPS) is 17.4. The molecule has 0 atom stereocenters. The van der Waals surface area contributed by atoms with E-state index in [2.05, 4.69) is 22.1 Å². The van der Waals surface area contributed by atoms with Gasteiger partial charge in [-0.1, -0.05) is 40.8 Å². The first-order valence-corrected chi connectivity index (χ1v) is 13.9. The zero-order valence-electron chi connectivity index (χ0n) is 35.8. The number of fused-ring (bicyclic) bond motifs is 8. The van der Waals surface area contributed by atoms with E-state index in [1.54, 1.807) is 41.3 Å². The first kappa shape index (κ1) is 18.9. The fourth-order valence-corrected chi connectivity index (χ4v) is 5.61. The molecule has 0 bridgehead atoms. The molecule has 226 valence electrons. The Morgan fingerprint density at radius 1 is 0.783 bits per heavy atom. The summed E-state index contributed by atoms with van der Waals surface area (Å²) in [6.07, 6.45) is 1.43. The number of furan rings is 2. The maximum atomic E-state index is 8.02. The molecule has 0 radical (unpaired) electrons. The minimum Gasteiger partial charge on any atom is -0.501 e. The van der Waals surface area contributed by atoms with Crippen LogP contribution < -0.4 is 9.80 Å². The van der Waals surface area contributed by atoms with Crippen molar-refractivity contribution in [2.45, 2.75) is 20.6 Å². The van der Waals surface area contributed by atoms with Gasteiger partial charge in [0.2, 0.25) is 5.71 Å². The van der Waals surface area contributed by atoms with Crippen LogP contribution in [0, 0.1) is 39.4 Å². The molecule has 6 nitrogen and oxygen atoms in total. The third-order valence-corrected chi connectivity index (χ3v) is 7.62. The van der Waals surface area contributed by atoms with Crippen molar-refractivity contribution in [2.24, 2.45) is 0 Å². The van der Waals surface area contributed by atoms with E-state index >= 15 is 0 Å². The molecule has 0 saturated carbocycles. The number of nitrogens with zero attached hydrogens (tertiary/aromatic N) is 4. The second-order valence-electron chi connectivity index (χ2n) is 10.4. The topological polar surface area (TPSA) is 58.5 Å². The molecule has 7 heteroatoms. The Morgan fingerprint density at radius 2 is 1.70 bits per heavy atom. The first-order valence-electron chi connectivity index (χ1n) is 19.9. The SMILES string of the molecule is [2H]C([2H])([2H])c1cccc2c1oc1c3c(ccc12)N(c1[c-]cccc1)[CH-]N3C([2H])([2H])[2H].[2H]C([2H])([2H])c1ccnc(-c2[c-]ccc3c2oc2nc(C([2H])([2H])[2H])ccc23)c1.[Ir+3]. The van der Waals surface area contributed by atoms with Crippen LogP contribution in [0.4, 0.5) is 17.1 Å². The van der Waals surface area contributed by atoms with Crippen LogP contribution in [0.3, 0.4) is 0 Å². The number of para-hydroxylation sites is 2. The number of pyridine rings is 2. The van der Waals surface area contributed by atoms with E-state index in [9.17, 15) is 0 Å². The van der Waals surface area contributed by atoms with Gasteiger partial charge < -0.3 is 23.6 Å². The molecule has 0 amide bonds. The molecule has 0 aliphatic carbocycles. The average molecular weight is 790 g/mol. The van der Waals surface area contributed by atoms with Crippen LogP contribution in [0.2, 0.25) is 0 Å². The van der Waals surface area contributed by atoms with E-state index in [1.807, 2.05) is 30.3 Å². The standard InChI is InChI=1S/C21H16N2O.C18H13N2O.Ir/c1-14-7-6-10-16-17-11-12-18-19(21(17)24-20(14)16)22(2)13-23(18)15-8-4-3-5-9-15;1-11-8-9-19-16(10-11)15-5-3-4-13-14-7-6-12(2)20-18(14)21-17(13)15;/h3-8,10-13H,1-2H3;3-4,6-10H,1-2H3;/q-2;-1;+3/i2*1D3,2D3;. The molecule has 1 aliphatic rings. The van der Waals surface area contributed by atoms with Crippen LogP contribution in [-0.4, -0.2) is 16.9 Å². The fraction of sp³-hybridized carbons (Fsp3) is 0.103. The van der Waals surface area contributed by atoms with Crippen LogP contribution in [-0.2, 0) is 20.1 Å². The molecular formula is C39H29IrN4O2. The summed E-state index contributed by atoms with van der Waals surface area (Å²) in [6.45, 7) is -7.90. The molecule has 4 aromatic heterocycles. The van der Waals surface area contributed by atoms with Crippen molar-refractivity contribution in [3.05, 3.63) is 133 Å². The summed E-state index contributed by atoms with van der Waals surface area (Å²) >= 11 is 0. The summed E-state index contributed by atoms with van der Waals surface area (Å²) < 4.78 is 105. The molecular weight excluding hydrogens is 749 g/mol. The van der Waals surface area contributed by atoms with Crippen molar-refractivity contribution >= 4 is 61.1 Å². The van der Waals surface area contributed by atoms with E-state index in [0.717, 1.165) is 5.39 Å². The Kier molecular flexibility index (Phi) is 4.82. The Hall–Kier alpha value is -4.97. The largest absolute Gasteiger partial charge is 3.00 e. The molecule has 0 spiro atoms. The van der Waals surface area contributed by atoms with E-state index in [-0.39, 0.29) is 48.2 Å². The van der Waals surface area contributed by atoms with Gasteiger partial charge in [-0.25, -0.2) is 4.98 Å². The molecule has 1 aliphatic heterocycles. The van der Waals surface area contributed by atoms with E-state index < -0.39 is 27.5 Å². The molecule has 0 saturated heterocycles. The molecule has 5 heterocycles. The second kappa shape index (κ2) is 11.8. The van der Waals surface area contributed by atoms with E-state index in [4.69, 9.17) is 25.3 Å². The minimum absolute atomic E-state index is 0. The molecule has 0 unspecified atom stereocenters. The summed E-state index contributed by atoms with van der Waals surface area (Å²) in [6, 6.07) is 31.5. The summed E-state index contributed by atoms with van der Waals surface area (Å²) in [5, 5.41) is 2.69. The maximum Gasteiger partial charge on any atom is 3.00 e. The van der Waals surface area contributed by atoms with Gasteiger partial charge in [-0.2, -0.15) is 37.0 Å². The van der Waals surface area contributed by atoms with Gasteiger partial charge in [0.25, 0.3) is 0 Å². The third-order valence-electron chi connectivity index (χ3n) is 7.62. The van der Waals surface area contributed by atoms with Gasteiger partial charge in [-0.15, -0.1) is 23.9 Å². The van der Waals surface area contributed by atoms with Crippen LogP contribution in [0.5, 0.6) is 0 Å². The fourth-order valence-electron chi connectivity index (χ4n) is 5.61. The predicted molar refractivity (Wildman–Crippen MR) is 182 cm³/mol. The van der Waals surface area contributed by atoms with Gasteiger partial charge in [0.1, 0.15) is 5.58 Å². The number of hydrogen-bond acceptors (Lipinski definition) is 6. The molecule has 9 rings (SSSR count). The summed E-state index contributed by atoms with van der Waals surface area (Å²) in [7, 11) is 0. The molecule has 0 N–H and O–H groups in total. The summed E-state index contributed by atoms with van der Waals surface area (Å²) in [5.74, 6) is 0. The molecule has 46 heavy (non-hydrogen) atoms. The number of hydrogen-bond donors (Lipinski definition) is 0. The Balaban J connectivity index is 0.000000175. The monoisotopic (exact) mass is 790 g/mol. The van der Waals surface area contributed by atoms with Gasteiger partial charge >= 0.3 is 20.1 Å². The zero-order valence-corrected chi connectivity index (χ0v) is 26.1. The van der Waals surface area contributed by atoms with Crippen LogP contribution in [0.1, 0.15) is 33.3 Å². The molecule has 4 aromatic carbocycles. The van der Waals surface area contributed by atoms with Gasteiger partial charge in [0, 0.05) is 50.2 Å². The minimum atomic E-state index is -2.46. The molecule has 8 aromatic rings. The van der Waals surface area contributed by atoms with Crippen molar-refractivity contribution in [2.75, 3.05) is 16.8 Å². The maximum absolute atomic E-state index is 8.02. The summed E-state index contributed by atoms with van der Waals surface area (Å²) in [4.78, 5) is 11.3. The van der Waals surface area contributed by atoms with Crippen molar-refractivity contribution in [1.29, 1.82) is 0 Å². The van der Waals surface area contributed by atoms with Crippen LogP contribution in [0.15, 0.2) is 106 Å². The number of rotatable bonds is 2. The van der Waals surface area contributed by atoms with Crippen LogP contribution in [0.25, 0.3) is 55.3 Å². The van der Waals surface area contributed by atoms with Crippen molar-refractivity contribution in [3.8, 4) is 11.3 Å². The average Bonchev–Trinajstić information content (AvgIpc) is 3.85. The summed E-state index contributed by atoms with van der Waals surface area (Å²) in [5.41, 5.74) is 4.00. The van der Waals surface area contributed by atoms with Crippen molar-refractivity contribution < 1.29 is 45.4 Å². The molecule has 0 fully saturated rings. The number of aryl methyl sites for hydroxylation is 3. The number of benzene rings is 4. The Morgan fingerprint density at radius 3 is 2.54 bits per heavy atom. The van der Waals surface area contributed by atoms with Crippen LogP contribution >= 0.6 is 0 Å². The quantitative estimate of drug-likeness (QED) is 0.163. The van der Waals surface area contributed by atoms with E-state index in [0.29, 0.717) is 55.6 Å². The Bertz CT molecular complexity index is 2810. The number of anilines is 3. The predicted octanol–water partition coefficient (Wildman–Crippen LogP) is 9.86. The smallest absolute Gasteiger partial charge is 0.501 e. The van der Waals surface area contributed by atoms with E-state index in [1.165, 1.54) is 42.0 Å². The van der Waals surface area contributed by atoms with Gasteiger partial charge in [0.05, 0.1) is 11.3 Å². The Labute approximate surface area is 297 Å². The third kappa shape index (κ3) is 4.93. The van der Waals surface area contributed by atoms with Gasteiger partial charge in [0.15, 0.2) is 5.58 Å². The second-order valence-corrected chi connectivity index (χ2v) is 10.4. The zero-order chi connectivity index (χ0) is 40.7. The van der Waals surface area contributed by atoms with Crippen molar-refractivity contribution in [3.63, 3.8) is 0 Å². The van der Waals surface area contributed by atoms with Gasteiger partial charge in [-0.05, 0) is 69.1 Å². The first-order chi connectivity index (χ1) is 26.8.